The quantitative estimate of drug-likeness (QED) is 0.758. The maximum absolute atomic E-state index is 11.8. The number of pyridine rings is 1. The average Bonchev–Trinajstić information content (AvgIpc) is 2.72. The molecule has 0 aliphatic carbocycles. The minimum atomic E-state index is -0.328. The molecule has 17 heavy (non-hydrogen) atoms. The van der Waals surface area contributed by atoms with Crippen molar-refractivity contribution in [1.82, 2.24) is 25.1 Å². The van der Waals surface area contributed by atoms with Gasteiger partial charge in [0, 0.05) is 13.2 Å². The number of aryl methyl sites for hydroxylation is 1. The lowest BCUT2D eigenvalue weighted by atomic mass is 10.3. The first-order valence-electron chi connectivity index (χ1n) is 5.00. The SMILES string of the molecule is Cn1cnnc1CNC(=O)c1ncccc1N. The van der Waals surface area contributed by atoms with Crippen LogP contribution in [0.15, 0.2) is 24.7 Å². The van der Waals surface area contributed by atoms with E-state index in [0.29, 0.717) is 11.5 Å². The molecule has 0 radical (unpaired) electrons. The maximum Gasteiger partial charge on any atom is 0.272 e. The van der Waals surface area contributed by atoms with Crippen LogP contribution in [-0.2, 0) is 13.6 Å². The summed E-state index contributed by atoms with van der Waals surface area (Å²) in [6.45, 7) is 0.283. The largest absolute Gasteiger partial charge is 0.397 e. The minimum Gasteiger partial charge on any atom is -0.397 e. The van der Waals surface area contributed by atoms with E-state index < -0.39 is 0 Å². The Morgan fingerprint density at radius 3 is 3.06 bits per heavy atom. The third-order valence-corrected chi connectivity index (χ3v) is 2.27. The summed E-state index contributed by atoms with van der Waals surface area (Å²) in [7, 11) is 1.80. The molecule has 2 aromatic rings. The summed E-state index contributed by atoms with van der Waals surface area (Å²) >= 11 is 0. The zero-order valence-corrected chi connectivity index (χ0v) is 9.29. The number of nitrogens with zero attached hydrogens (tertiary/aromatic N) is 4. The van der Waals surface area contributed by atoms with Crippen LogP contribution in [-0.4, -0.2) is 25.7 Å². The highest BCUT2D eigenvalue weighted by atomic mass is 16.1. The van der Waals surface area contributed by atoms with Gasteiger partial charge in [0.25, 0.3) is 5.91 Å². The van der Waals surface area contributed by atoms with Gasteiger partial charge in [0.15, 0.2) is 11.5 Å². The van der Waals surface area contributed by atoms with Gasteiger partial charge in [-0.15, -0.1) is 10.2 Å². The highest BCUT2D eigenvalue weighted by Gasteiger charge is 2.11. The first-order valence-corrected chi connectivity index (χ1v) is 5.00. The van der Waals surface area contributed by atoms with Crippen molar-refractivity contribution in [2.45, 2.75) is 6.54 Å². The number of nitrogens with two attached hydrogens (primary N) is 1. The molecule has 0 atom stereocenters. The monoisotopic (exact) mass is 232 g/mol. The molecule has 88 valence electrons. The first-order chi connectivity index (χ1) is 8.18. The van der Waals surface area contributed by atoms with Gasteiger partial charge in [0.2, 0.25) is 0 Å². The van der Waals surface area contributed by atoms with Gasteiger partial charge in [-0.1, -0.05) is 0 Å². The number of amides is 1. The Balaban J connectivity index is 2.04. The molecule has 3 N–H and O–H groups in total. The van der Waals surface area contributed by atoms with Gasteiger partial charge < -0.3 is 15.6 Å². The molecule has 0 saturated heterocycles. The molecule has 0 saturated carbocycles. The van der Waals surface area contributed by atoms with Crippen molar-refractivity contribution in [3.63, 3.8) is 0 Å². The molecule has 0 aliphatic heterocycles. The van der Waals surface area contributed by atoms with Gasteiger partial charge >= 0.3 is 0 Å². The van der Waals surface area contributed by atoms with E-state index in [2.05, 4.69) is 20.5 Å². The second-order valence-corrected chi connectivity index (χ2v) is 3.48. The van der Waals surface area contributed by atoms with Crippen LogP contribution in [0.4, 0.5) is 5.69 Å². The number of rotatable bonds is 3. The van der Waals surface area contributed by atoms with Gasteiger partial charge in [-0.25, -0.2) is 4.98 Å². The third kappa shape index (κ3) is 2.39. The molecule has 2 heterocycles. The Bertz CT molecular complexity index is 535. The molecule has 0 spiro atoms. The fourth-order valence-electron chi connectivity index (χ4n) is 1.32. The molecule has 0 aliphatic rings. The van der Waals surface area contributed by atoms with E-state index in [4.69, 9.17) is 5.73 Å². The Hall–Kier alpha value is -2.44. The van der Waals surface area contributed by atoms with Crippen LogP contribution in [0.2, 0.25) is 0 Å². The van der Waals surface area contributed by atoms with Gasteiger partial charge in [-0.05, 0) is 12.1 Å². The van der Waals surface area contributed by atoms with Crippen molar-refractivity contribution < 1.29 is 4.79 Å². The Morgan fingerprint density at radius 2 is 2.41 bits per heavy atom. The summed E-state index contributed by atoms with van der Waals surface area (Å²) in [5, 5.41) is 10.2. The predicted molar refractivity (Wildman–Crippen MR) is 60.8 cm³/mol. The van der Waals surface area contributed by atoms with E-state index in [0.717, 1.165) is 0 Å². The smallest absolute Gasteiger partial charge is 0.272 e. The molecule has 0 bridgehead atoms. The molecule has 7 heteroatoms. The standard InChI is InChI=1S/C10H12N6O/c1-16-6-14-15-8(16)5-13-10(17)9-7(11)3-2-4-12-9/h2-4,6H,5,11H2,1H3,(H,13,17). The maximum atomic E-state index is 11.8. The summed E-state index contributed by atoms with van der Waals surface area (Å²) in [5.74, 6) is 0.332. The normalized spacial score (nSPS) is 10.2. The van der Waals surface area contributed by atoms with Crippen LogP contribution in [0, 0.1) is 0 Å². The van der Waals surface area contributed by atoms with Gasteiger partial charge in [-0.2, -0.15) is 0 Å². The molecule has 1 amide bonds. The Morgan fingerprint density at radius 1 is 1.59 bits per heavy atom. The topological polar surface area (TPSA) is 98.7 Å². The average molecular weight is 232 g/mol. The summed E-state index contributed by atoms with van der Waals surface area (Å²) in [6.07, 6.45) is 3.09. The third-order valence-electron chi connectivity index (χ3n) is 2.27. The van der Waals surface area contributed by atoms with Crippen molar-refractivity contribution in [3.8, 4) is 0 Å². The van der Waals surface area contributed by atoms with E-state index in [9.17, 15) is 4.79 Å². The van der Waals surface area contributed by atoms with Crippen molar-refractivity contribution >= 4 is 11.6 Å². The van der Waals surface area contributed by atoms with E-state index in [-0.39, 0.29) is 18.1 Å². The number of carbonyl (C=O) groups excluding carboxylic acids is 1. The van der Waals surface area contributed by atoms with Gasteiger partial charge in [0.05, 0.1) is 12.2 Å². The van der Waals surface area contributed by atoms with Crippen LogP contribution in [0.1, 0.15) is 16.3 Å². The molecular formula is C10H12N6O. The number of aromatic nitrogens is 4. The van der Waals surface area contributed by atoms with Crippen molar-refractivity contribution in [3.05, 3.63) is 36.2 Å². The summed E-state index contributed by atoms with van der Waals surface area (Å²) in [5.41, 5.74) is 6.21. The second-order valence-electron chi connectivity index (χ2n) is 3.48. The van der Waals surface area contributed by atoms with Gasteiger partial charge in [0.1, 0.15) is 6.33 Å². The number of carbonyl (C=O) groups is 1. The highest BCUT2D eigenvalue weighted by molar-refractivity contribution is 5.96. The van der Waals surface area contributed by atoms with E-state index in [1.165, 1.54) is 6.20 Å². The lowest BCUT2D eigenvalue weighted by Crippen LogP contribution is -2.26. The molecule has 0 unspecified atom stereocenters. The Labute approximate surface area is 97.7 Å². The van der Waals surface area contributed by atoms with Crippen LogP contribution >= 0.6 is 0 Å². The molecular weight excluding hydrogens is 220 g/mol. The highest BCUT2D eigenvalue weighted by Crippen LogP contribution is 2.06. The molecule has 0 fully saturated rings. The summed E-state index contributed by atoms with van der Waals surface area (Å²) < 4.78 is 1.72. The van der Waals surface area contributed by atoms with E-state index in [1.54, 1.807) is 30.1 Å². The zero-order chi connectivity index (χ0) is 12.3. The second kappa shape index (κ2) is 4.60. The molecule has 0 aromatic carbocycles. The van der Waals surface area contributed by atoms with Crippen LogP contribution < -0.4 is 11.1 Å². The van der Waals surface area contributed by atoms with Crippen molar-refractivity contribution in [2.75, 3.05) is 5.73 Å². The number of hydrogen-bond donors (Lipinski definition) is 2. The number of anilines is 1. The van der Waals surface area contributed by atoms with E-state index in [1.807, 2.05) is 0 Å². The van der Waals surface area contributed by atoms with Crippen molar-refractivity contribution in [1.29, 1.82) is 0 Å². The lowest BCUT2D eigenvalue weighted by Gasteiger charge is -2.05. The molecule has 2 aromatic heterocycles. The van der Waals surface area contributed by atoms with Crippen LogP contribution in [0.25, 0.3) is 0 Å². The van der Waals surface area contributed by atoms with Crippen LogP contribution in [0.5, 0.6) is 0 Å². The summed E-state index contributed by atoms with van der Waals surface area (Å²) in [6, 6.07) is 3.30. The lowest BCUT2D eigenvalue weighted by molar-refractivity contribution is 0.0945. The zero-order valence-electron chi connectivity index (χ0n) is 9.29. The summed E-state index contributed by atoms with van der Waals surface area (Å²) in [4.78, 5) is 15.7. The Kier molecular flexibility index (Phi) is 2.99. The fraction of sp³-hybridized carbons (Fsp3) is 0.200. The van der Waals surface area contributed by atoms with Crippen LogP contribution in [0.3, 0.4) is 0 Å². The van der Waals surface area contributed by atoms with E-state index >= 15 is 0 Å². The van der Waals surface area contributed by atoms with Crippen molar-refractivity contribution in [2.24, 2.45) is 7.05 Å². The minimum absolute atomic E-state index is 0.217. The fourth-order valence-corrected chi connectivity index (χ4v) is 1.32. The number of nitrogen functional groups attached to an aromatic ring is 1. The molecule has 7 nitrogen and oxygen atoms in total. The number of hydrogen-bond acceptors (Lipinski definition) is 5. The predicted octanol–water partition coefficient (Wildman–Crippen LogP) is -0.278. The first kappa shape index (κ1) is 11.1. The van der Waals surface area contributed by atoms with Gasteiger partial charge in [-0.3, -0.25) is 4.79 Å². The molecule has 2 rings (SSSR count). The number of nitrogens with one attached hydrogen (secondary N) is 1.